The largest absolute Gasteiger partial charge is 0.468 e. The molecule has 0 saturated carbocycles. The monoisotopic (exact) mass is 445 g/mol. The van der Waals surface area contributed by atoms with E-state index in [4.69, 9.17) is 21.1 Å². The van der Waals surface area contributed by atoms with Crippen molar-refractivity contribution in [3.8, 4) is 17.0 Å². The molecule has 0 aliphatic heterocycles. The van der Waals surface area contributed by atoms with Gasteiger partial charge in [0, 0.05) is 51.9 Å². The maximum Gasteiger partial charge on any atom is 0.212 e. The fraction of sp³-hybridized carbons (Fsp3) is 0.214. The average molecular weight is 447 g/mol. The average Bonchev–Trinajstić information content (AvgIpc) is 2.44. The summed E-state index contributed by atoms with van der Waals surface area (Å²) >= 11 is 9.25. The van der Waals surface area contributed by atoms with Crippen molar-refractivity contribution in [2.24, 2.45) is 7.05 Å². The summed E-state index contributed by atoms with van der Waals surface area (Å²) in [5.74, 6) is 0.668. The quantitative estimate of drug-likeness (QED) is 0.535. The summed E-state index contributed by atoms with van der Waals surface area (Å²) in [5, 5.41) is 0.146. The Labute approximate surface area is 161 Å². The molecule has 0 atom stereocenters. The van der Waals surface area contributed by atoms with E-state index < -0.39 is 0 Å². The standard InChI is InChI=1S/C14H12BrClNO3.Y/c1-17-13(6-5-12(16)14(17)18)10-4-3-9(7-11(10)15)20-8-19-2;/h3-5,7H,8H2,1-2H3;/q-1;. The smallest absolute Gasteiger partial charge is 0.212 e. The van der Waals surface area contributed by atoms with Crippen molar-refractivity contribution < 1.29 is 42.2 Å². The Morgan fingerprint density at radius 2 is 2.14 bits per heavy atom. The first kappa shape index (κ1) is 18.9. The van der Waals surface area contributed by atoms with E-state index >= 15 is 0 Å². The molecule has 0 amide bonds. The van der Waals surface area contributed by atoms with E-state index in [0.29, 0.717) is 11.4 Å². The van der Waals surface area contributed by atoms with Crippen molar-refractivity contribution in [1.82, 2.24) is 4.57 Å². The molecule has 0 N–H and O–H groups in total. The van der Waals surface area contributed by atoms with Crippen molar-refractivity contribution in [3.05, 3.63) is 50.2 Å². The number of aromatic nitrogens is 1. The van der Waals surface area contributed by atoms with E-state index in [1.54, 1.807) is 26.3 Å². The van der Waals surface area contributed by atoms with Gasteiger partial charge in [0.1, 0.15) is 5.75 Å². The molecule has 0 fully saturated rings. The first-order chi connectivity index (χ1) is 9.54. The van der Waals surface area contributed by atoms with Crippen LogP contribution in [0.15, 0.2) is 33.5 Å². The molecule has 1 radical (unpaired) electrons. The second-order valence-corrected chi connectivity index (χ2v) is 5.30. The van der Waals surface area contributed by atoms with E-state index in [9.17, 15) is 4.79 Å². The predicted molar refractivity (Wildman–Crippen MR) is 81.2 cm³/mol. The van der Waals surface area contributed by atoms with E-state index in [-0.39, 0.29) is 50.1 Å². The fourth-order valence-corrected chi connectivity index (χ4v) is 2.44. The minimum absolute atomic E-state index is 0. The van der Waals surface area contributed by atoms with Crippen LogP contribution in [0.25, 0.3) is 11.3 Å². The Hall–Kier alpha value is -0.196. The number of methoxy groups -OCH3 is 1. The van der Waals surface area contributed by atoms with Gasteiger partial charge < -0.3 is 14.0 Å². The molecule has 109 valence electrons. The van der Waals surface area contributed by atoms with Gasteiger partial charge in [-0.3, -0.25) is 4.79 Å². The summed E-state index contributed by atoms with van der Waals surface area (Å²) in [5.41, 5.74) is 1.21. The summed E-state index contributed by atoms with van der Waals surface area (Å²) in [6, 6.07) is 9.92. The molecule has 0 aliphatic rings. The molecule has 1 heterocycles. The zero-order valence-corrected chi connectivity index (χ0v) is 16.7. The third-order valence-corrected chi connectivity index (χ3v) is 3.65. The van der Waals surface area contributed by atoms with Gasteiger partial charge >= 0.3 is 0 Å². The first-order valence-electron chi connectivity index (χ1n) is 5.73. The maximum absolute atomic E-state index is 11.8. The molecule has 1 aromatic heterocycles. The maximum atomic E-state index is 11.8. The van der Waals surface area contributed by atoms with Gasteiger partial charge in [-0.2, -0.15) is 23.7 Å². The van der Waals surface area contributed by atoms with Crippen LogP contribution in [-0.4, -0.2) is 18.5 Å². The molecule has 0 spiro atoms. The Morgan fingerprint density at radius 1 is 1.43 bits per heavy atom. The number of rotatable bonds is 4. The number of ether oxygens (including phenoxy) is 2. The molecule has 1 aromatic carbocycles. The molecular weight excluding hydrogens is 434 g/mol. The van der Waals surface area contributed by atoms with Crippen LogP contribution in [0.4, 0.5) is 0 Å². The van der Waals surface area contributed by atoms with Crippen LogP contribution < -0.4 is 10.3 Å². The minimum atomic E-state index is -0.257. The molecule has 0 bridgehead atoms. The van der Waals surface area contributed by atoms with Gasteiger partial charge in [0.15, 0.2) is 6.79 Å². The molecule has 7 heteroatoms. The van der Waals surface area contributed by atoms with Crippen LogP contribution in [0, 0.1) is 6.07 Å². The van der Waals surface area contributed by atoms with Crippen molar-refractivity contribution >= 4 is 27.5 Å². The van der Waals surface area contributed by atoms with E-state index in [2.05, 4.69) is 22.0 Å². The minimum Gasteiger partial charge on any atom is -0.468 e. The summed E-state index contributed by atoms with van der Waals surface area (Å²) in [6.07, 6.45) is 0. The van der Waals surface area contributed by atoms with Gasteiger partial charge in [0.05, 0.1) is 0 Å². The van der Waals surface area contributed by atoms with E-state index in [1.165, 1.54) is 10.6 Å². The number of hydrogen-bond acceptors (Lipinski definition) is 3. The third kappa shape index (κ3) is 4.39. The molecule has 0 saturated heterocycles. The molecule has 0 unspecified atom stereocenters. The van der Waals surface area contributed by atoms with Gasteiger partial charge in [0.25, 0.3) is 0 Å². The van der Waals surface area contributed by atoms with Crippen LogP contribution in [0.3, 0.4) is 0 Å². The van der Waals surface area contributed by atoms with Crippen LogP contribution >= 0.6 is 27.5 Å². The van der Waals surface area contributed by atoms with Crippen molar-refractivity contribution in [2.45, 2.75) is 0 Å². The van der Waals surface area contributed by atoms with Gasteiger partial charge in [-0.25, -0.2) is 0 Å². The Balaban J connectivity index is 0.00000220. The zero-order valence-electron chi connectivity index (χ0n) is 11.5. The van der Waals surface area contributed by atoms with Crippen LogP contribution in [0.5, 0.6) is 5.75 Å². The van der Waals surface area contributed by atoms with E-state index in [0.717, 1.165) is 10.0 Å². The predicted octanol–water partition coefficient (Wildman–Crippen LogP) is 3.25. The summed E-state index contributed by atoms with van der Waals surface area (Å²) in [7, 11) is 3.21. The van der Waals surface area contributed by atoms with Gasteiger partial charge in [-0.1, -0.05) is 27.2 Å². The van der Waals surface area contributed by atoms with Crippen molar-refractivity contribution in [2.75, 3.05) is 13.9 Å². The molecular formula is C14H12BrClNO3Y-. The SMILES string of the molecule is COCOc1ccc(-c2[c-]cc(Cl)c(=O)n2C)c(Br)c1.[Y]. The van der Waals surface area contributed by atoms with Crippen molar-refractivity contribution in [1.29, 1.82) is 0 Å². The number of nitrogens with zero attached hydrogens (tertiary/aromatic N) is 1. The number of halogens is 2. The van der Waals surface area contributed by atoms with Gasteiger partial charge in [-0.15, -0.1) is 6.07 Å². The van der Waals surface area contributed by atoms with Crippen molar-refractivity contribution in [3.63, 3.8) is 0 Å². The van der Waals surface area contributed by atoms with Crippen LogP contribution in [0.2, 0.25) is 5.02 Å². The summed E-state index contributed by atoms with van der Waals surface area (Å²) in [6.45, 7) is 0.178. The molecule has 21 heavy (non-hydrogen) atoms. The fourth-order valence-electron chi connectivity index (χ4n) is 1.72. The normalized spacial score (nSPS) is 10.1. The topological polar surface area (TPSA) is 40.5 Å². The number of pyridine rings is 1. The molecule has 2 aromatic rings. The summed E-state index contributed by atoms with van der Waals surface area (Å²) < 4.78 is 12.4. The molecule has 0 aliphatic carbocycles. The van der Waals surface area contributed by atoms with Gasteiger partial charge in [-0.05, 0) is 16.6 Å². The van der Waals surface area contributed by atoms with Crippen LogP contribution in [-0.2, 0) is 44.5 Å². The Kier molecular flexibility index (Phi) is 7.58. The Bertz CT molecular complexity index is 690. The second-order valence-electron chi connectivity index (χ2n) is 4.04. The van der Waals surface area contributed by atoms with Gasteiger partial charge in [0.2, 0.25) is 5.56 Å². The summed E-state index contributed by atoms with van der Waals surface area (Å²) in [4.78, 5) is 11.8. The molecule has 2 rings (SSSR count). The number of benzene rings is 1. The van der Waals surface area contributed by atoms with E-state index in [1.807, 2.05) is 6.07 Å². The second kappa shape index (κ2) is 8.44. The Morgan fingerprint density at radius 3 is 2.76 bits per heavy atom. The van der Waals surface area contributed by atoms with Crippen LogP contribution in [0.1, 0.15) is 0 Å². The molecule has 4 nitrogen and oxygen atoms in total. The first-order valence-corrected chi connectivity index (χ1v) is 6.90. The zero-order chi connectivity index (χ0) is 14.7. The third-order valence-electron chi connectivity index (χ3n) is 2.72. The number of hydrogen-bond donors (Lipinski definition) is 0.